The van der Waals surface area contributed by atoms with Crippen molar-refractivity contribution in [2.24, 2.45) is 0 Å². The van der Waals surface area contributed by atoms with Crippen LogP contribution in [0.15, 0.2) is 35.5 Å². The second kappa shape index (κ2) is 5.08. The van der Waals surface area contributed by atoms with E-state index in [1.54, 1.807) is 6.26 Å². The zero-order chi connectivity index (χ0) is 14.0. The predicted octanol–water partition coefficient (Wildman–Crippen LogP) is 3.47. The largest absolute Gasteiger partial charge is 0.417 e. The molecule has 0 fully saturated rings. The van der Waals surface area contributed by atoms with Gasteiger partial charge in [-0.15, -0.1) is 0 Å². The van der Waals surface area contributed by atoms with Crippen LogP contribution in [0.1, 0.15) is 5.56 Å². The number of nitrogens with zero attached hydrogens (tertiary/aromatic N) is 2. The van der Waals surface area contributed by atoms with Crippen LogP contribution in [0.5, 0.6) is 0 Å². The lowest BCUT2D eigenvalue weighted by Crippen LogP contribution is -2.08. The van der Waals surface area contributed by atoms with Gasteiger partial charge in [0, 0.05) is 11.6 Å². The maximum Gasteiger partial charge on any atom is 0.417 e. The van der Waals surface area contributed by atoms with Crippen molar-refractivity contribution >= 4 is 17.6 Å². The van der Waals surface area contributed by atoms with E-state index < -0.39 is 11.7 Å². The van der Waals surface area contributed by atoms with E-state index in [-0.39, 0.29) is 17.1 Å². The van der Waals surface area contributed by atoms with E-state index >= 15 is 0 Å². The lowest BCUT2D eigenvalue weighted by Gasteiger charge is -2.12. The Balaban J connectivity index is 2.62. The SMILES string of the molecule is CSc1nc(N)cc(-c2ccccc2C(F)(F)F)n1. The highest BCUT2D eigenvalue weighted by atomic mass is 32.2. The number of nitrogens with two attached hydrogens (primary N) is 1. The Hall–Kier alpha value is -1.76. The van der Waals surface area contributed by atoms with Crippen molar-refractivity contribution in [2.45, 2.75) is 11.3 Å². The number of halogens is 3. The molecule has 2 aromatic rings. The first-order chi connectivity index (χ1) is 8.91. The van der Waals surface area contributed by atoms with E-state index in [9.17, 15) is 13.2 Å². The maximum absolute atomic E-state index is 12.9. The molecule has 0 saturated heterocycles. The molecule has 1 heterocycles. The van der Waals surface area contributed by atoms with Gasteiger partial charge in [-0.3, -0.25) is 0 Å². The van der Waals surface area contributed by atoms with E-state index in [0.717, 1.165) is 6.07 Å². The zero-order valence-electron chi connectivity index (χ0n) is 9.90. The van der Waals surface area contributed by atoms with Gasteiger partial charge in [0.1, 0.15) is 5.82 Å². The zero-order valence-corrected chi connectivity index (χ0v) is 10.7. The van der Waals surface area contributed by atoms with Crippen LogP contribution >= 0.6 is 11.8 Å². The highest BCUT2D eigenvalue weighted by molar-refractivity contribution is 7.98. The molecule has 2 rings (SSSR count). The molecular weight excluding hydrogens is 275 g/mol. The van der Waals surface area contributed by atoms with Gasteiger partial charge in [0.25, 0.3) is 0 Å². The molecule has 0 aliphatic rings. The number of anilines is 1. The quantitative estimate of drug-likeness (QED) is 0.678. The van der Waals surface area contributed by atoms with E-state index in [1.165, 1.54) is 36.0 Å². The molecule has 19 heavy (non-hydrogen) atoms. The lowest BCUT2D eigenvalue weighted by atomic mass is 10.0. The lowest BCUT2D eigenvalue weighted by molar-refractivity contribution is -0.137. The molecule has 7 heteroatoms. The average Bonchev–Trinajstić information content (AvgIpc) is 2.37. The van der Waals surface area contributed by atoms with Crippen LogP contribution in [0.4, 0.5) is 19.0 Å². The summed E-state index contributed by atoms with van der Waals surface area (Å²) >= 11 is 1.22. The Labute approximate surface area is 112 Å². The molecular formula is C12H10F3N3S. The summed E-state index contributed by atoms with van der Waals surface area (Å²) in [6.45, 7) is 0. The molecule has 0 saturated carbocycles. The van der Waals surface area contributed by atoms with Crippen LogP contribution in [0.2, 0.25) is 0 Å². The molecule has 0 atom stereocenters. The van der Waals surface area contributed by atoms with Crippen LogP contribution in [0.25, 0.3) is 11.3 Å². The number of benzene rings is 1. The summed E-state index contributed by atoms with van der Waals surface area (Å²) < 4.78 is 38.8. The third kappa shape index (κ3) is 2.98. The van der Waals surface area contributed by atoms with Gasteiger partial charge < -0.3 is 5.73 Å². The van der Waals surface area contributed by atoms with Crippen molar-refractivity contribution in [1.82, 2.24) is 9.97 Å². The smallest absolute Gasteiger partial charge is 0.384 e. The summed E-state index contributed by atoms with van der Waals surface area (Å²) in [6, 6.07) is 6.60. The van der Waals surface area contributed by atoms with Crippen molar-refractivity contribution < 1.29 is 13.2 Å². The summed E-state index contributed by atoms with van der Waals surface area (Å²) in [5.74, 6) is 0.145. The Morgan fingerprint density at radius 3 is 2.47 bits per heavy atom. The second-order valence-corrected chi connectivity index (χ2v) is 4.48. The summed E-state index contributed by atoms with van der Waals surface area (Å²) in [6.07, 6.45) is -2.70. The van der Waals surface area contributed by atoms with E-state index in [4.69, 9.17) is 5.73 Å². The van der Waals surface area contributed by atoms with Crippen molar-refractivity contribution in [3.05, 3.63) is 35.9 Å². The molecule has 0 radical (unpaired) electrons. The fourth-order valence-electron chi connectivity index (χ4n) is 1.63. The molecule has 1 aromatic carbocycles. The van der Waals surface area contributed by atoms with Gasteiger partial charge in [0.15, 0.2) is 5.16 Å². The molecule has 100 valence electrons. The minimum atomic E-state index is -4.43. The maximum atomic E-state index is 12.9. The molecule has 0 aliphatic carbocycles. The van der Waals surface area contributed by atoms with Crippen molar-refractivity contribution in [3.63, 3.8) is 0 Å². The van der Waals surface area contributed by atoms with Crippen molar-refractivity contribution in [3.8, 4) is 11.3 Å². The van der Waals surface area contributed by atoms with Crippen LogP contribution in [0.3, 0.4) is 0 Å². The number of nitrogen functional groups attached to an aromatic ring is 1. The topological polar surface area (TPSA) is 51.8 Å². The Kier molecular flexibility index (Phi) is 3.66. The summed E-state index contributed by atoms with van der Waals surface area (Å²) in [5.41, 5.74) is 5.02. The number of rotatable bonds is 2. The fourth-order valence-corrected chi connectivity index (χ4v) is 2.01. The molecule has 1 aromatic heterocycles. The van der Waals surface area contributed by atoms with Gasteiger partial charge in [0.05, 0.1) is 11.3 Å². The normalized spacial score (nSPS) is 11.6. The summed E-state index contributed by atoms with van der Waals surface area (Å²) in [4.78, 5) is 7.99. The molecule has 3 nitrogen and oxygen atoms in total. The number of hydrogen-bond donors (Lipinski definition) is 1. The van der Waals surface area contributed by atoms with Gasteiger partial charge in [0.2, 0.25) is 0 Å². The number of alkyl halides is 3. The van der Waals surface area contributed by atoms with Gasteiger partial charge in [-0.1, -0.05) is 30.0 Å². The minimum absolute atomic E-state index is 0.000556. The average molecular weight is 285 g/mol. The van der Waals surface area contributed by atoms with Gasteiger partial charge in [-0.2, -0.15) is 13.2 Å². The van der Waals surface area contributed by atoms with Gasteiger partial charge >= 0.3 is 6.18 Å². The molecule has 0 bridgehead atoms. The van der Waals surface area contributed by atoms with Crippen LogP contribution in [-0.4, -0.2) is 16.2 Å². The molecule has 0 aliphatic heterocycles. The van der Waals surface area contributed by atoms with Crippen molar-refractivity contribution in [1.29, 1.82) is 0 Å². The number of hydrogen-bond acceptors (Lipinski definition) is 4. The van der Waals surface area contributed by atoms with Crippen LogP contribution in [-0.2, 0) is 6.18 Å². The predicted molar refractivity (Wildman–Crippen MR) is 68.7 cm³/mol. The van der Waals surface area contributed by atoms with E-state index in [2.05, 4.69) is 9.97 Å². The first-order valence-electron chi connectivity index (χ1n) is 5.27. The third-order valence-electron chi connectivity index (χ3n) is 2.42. The van der Waals surface area contributed by atoms with Crippen molar-refractivity contribution in [2.75, 3.05) is 12.0 Å². The van der Waals surface area contributed by atoms with Gasteiger partial charge in [-0.25, -0.2) is 9.97 Å². The van der Waals surface area contributed by atoms with E-state index in [1.807, 2.05) is 0 Å². The monoisotopic (exact) mass is 285 g/mol. The molecule has 0 spiro atoms. The highest BCUT2D eigenvalue weighted by Gasteiger charge is 2.33. The number of thioether (sulfide) groups is 1. The highest BCUT2D eigenvalue weighted by Crippen LogP contribution is 2.36. The second-order valence-electron chi connectivity index (χ2n) is 3.71. The van der Waals surface area contributed by atoms with Crippen LogP contribution < -0.4 is 5.73 Å². The van der Waals surface area contributed by atoms with E-state index in [0.29, 0.717) is 5.16 Å². The Morgan fingerprint density at radius 1 is 1.16 bits per heavy atom. The first-order valence-corrected chi connectivity index (χ1v) is 6.49. The third-order valence-corrected chi connectivity index (χ3v) is 2.96. The van der Waals surface area contributed by atoms with Gasteiger partial charge in [-0.05, 0) is 12.3 Å². The fraction of sp³-hybridized carbons (Fsp3) is 0.167. The Morgan fingerprint density at radius 2 is 1.84 bits per heavy atom. The molecule has 0 unspecified atom stereocenters. The molecule has 2 N–H and O–H groups in total. The van der Waals surface area contributed by atoms with Crippen LogP contribution in [0, 0.1) is 0 Å². The summed E-state index contributed by atoms with van der Waals surface area (Å²) in [5, 5.41) is 0.340. The summed E-state index contributed by atoms with van der Waals surface area (Å²) in [7, 11) is 0. The Bertz CT molecular complexity index is 599. The first kappa shape index (κ1) is 13.7. The minimum Gasteiger partial charge on any atom is -0.384 e. The standard InChI is InChI=1S/C12H10F3N3S/c1-19-11-17-9(6-10(16)18-11)7-4-2-3-5-8(7)12(13,14)15/h2-6H,1H3,(H2,16,17,18). The molecule has 0 amide bonds. The number of aromatic nitrogens is 2.